The van der Waals surface area contributed by atoms with E-state index >= 15 is 0 Å². The molecule has 1 heterocycles. The molecule has 0 aliphatic heterocycles. The first-order valence-electron chi connectivity index (χ1n) is 8.52. The molecule has 1 rings (SSSR count). The standard InChI is InChI=1S/C16H29N5O3/c1-5-8-10-21-15(23)13(14(22)18-16(21)24)12(4)19-17-9-11-20(6-2)7-3/h17,23H,5-11H2,1-4H3,(H,18,22,24). The van der Waals surface area contributed by atoms with Crippen molar-refractivity contribution in [1.29, 1.82) is 0 Å². The normalized spacial score (nSPS) is 12.0. The summed E-state index contributed by atoms with van der Waals surface area (Å²) in [7, 11) is 0. The zero-order chi connectivity index (χ0) is 18.1. The average Bonchev–Trinajstić information content (AvgIpc) is 2.54. The minimum Gasteiger partial charge on any atom is -0.494 e. The van der Waals surface area contributed by atoms with Crippen LogP contribution in [0.15, 0.2) is 14.7 Å². The van der Waals surface area contributed by atoms with Gasteiger partial charge in [0.25, 0.3) is 5.56 Å². The second-order valence-electron chi connectivity index (χ2n) is 5.60. The zero-order valence-corrected chi connectivity index (χ0v) is 15.1. The molecule has 0 saturated carbocycles. The SMILES string of the molecule is CCCCn1c(O)c(C(C)=NNCCN(CC)CC)c(=O)[nH]c1=O. The molecule has 0 unspecified atom stereocenters. The Labute approximate surface area is 142 Å². The lowest BCUT2D eigenvalue weighted by Gasteiger charge is -2.17. The highest BCUT2D eigenvalue weighted by molar-refractivity contribution is 6.00. The van der Waals surface area contributed by atoms with Crippen molar-refractivity contribution >= 4 is 5.71 Å². The molecule has 0 spiro atoms. The molecular weight excluding hydrogens is 310 g/mol. The summed E-state index contributed by atoms with van der Waals surface area (Å²) in [5, 5.41) is 14.4. The molecule has 1 aromatic heterocycles. The van der Waals surface area contributed by atoms with Gasteiger partial charge in [-0.3, -0.25) is 14.3 Å². The summed E-state index contributed by atoms with van der Waals surface area (Å²) in [5.74, 6) is -0.330. The zero-order valence-electron chi connectivity index (χ0n) is 15.1. The first kappa shape index (κ1) is 20.0. The molecule has 0 saturated heterocycles. The predicted octanol–water partition coefficient (Wildman–Crippen LogP) is 0.698. The summed E-state index contributed by atoms with van der Waals surface area (Å²) in [6.45, 7) is 11.5. The Hall–Kier alpha value is -2.09. The van der Waals surface area contributed by atoms with Gasteiger partial charge in [0.15, 0.2) is 0 Å². The van der Waals surface area contributed by atoms with Crippen molar-refractivity contribution in [1.82, 2.24) is 19.9 Å². The van der Waals surface area contributed by atoms with E-state index in [1.54, 1.807) is 6.92 Å². The van der Waals surface area contributed by atoms with Crippen LogP contribution >= 0.6 is 0 Å². The Kier molecular flexibility index (Phi) is 8.25. The summed E-state index contributed by atoms with van der Waals surface area (Å²) in [6, 6.07) is 0. The summed E-state index contributed by atoms with van der Waals surface area (Å²) < 4.78 is 1.18. The fraction of sp³-hybridized carbons (Fsp3) is 0.688. The number of H-pyrrole nitrogens is 1. The topological polar surface area (TPSA) is 103 Å². The minimum absolute atomic E-state index is 0.0287. The third-order valence-electron chi connectivity index (χ3n) is 3.95. The minimum atomic E-state index is -0.628. The quantitative estimate of drug-likeness (QED) is 0.331. The number of likely N-dealkylation sites (N-methyl/N-ethyl adjacent to an activating group) is 1. The maximum absolute atomic E-state index is 12.0. The third kappa shape index (κ3) is 5.23. The van der Waals surface area contributed by atoms with E-state index in [-0.39, 0.29) is 11.4 Å². The fourth-order valence-corrected chi connectivity index (χ4v) is 2.39. The number of aromatic amines is 1. The van der Waals surface area contributed by atoms with Gasteiger partial charge in [-0.25, -0.2) is 4.79 Å². The molecule has 0 bridgehead atoms. The molecule has 0 aliphatic carbocycles. The van der Waals surface area contributed by atoms with Crippen molar-refractivity contribution in [3.8, 4) is 5.88 Å². The van der Waals surface area contributed by atoms with E-state index in [1.165, 1.54) is 4.57 Å². The van der Waals surface area contributed by atoms with Crippen LogP contribution < -0.4 is 16.7 Å². The number of rotatable bonds is 10. The van der Waals surface area contributed by atoms with Crippen LogP contribution in [0.2, 0.25) is 0 Å². The van der Waals surface area contributed by atoms with Gasteiger partial charge in [-0.2, -0.15) is 5.10 Å². The smallest absolute Gasteiger partial charge is 0.331 e. The lowest BCUT2D eigenvalue weighted by atomic mass is 10.2. The van der Waals surface area contributed by atoms with E-state index in [0.29, 0.717) is 18.8 Å². The average molecular weight is 339 g/mol. The number of hydrogen-bond donors (Lipinski definition) is 3. The van der Waals surface area contributed by atoms with Crippen LogP contribution in [0.5, 0.6) is 5.88 Å². The van der Waals surface area contributed by atoms with Gasteiger partial charge in [-0.15, -0.1) is 0 Å². The number of hydrazone groups is 1. The second kappa shape index (κ2) is 9.92. The van der Waals surface area contributed by atoms with Gasteiger partial charge in [-0.05, 0) is 26.4 Å². The van der Waals surface area contributed by atoms with Gasteiger partial charge in [0.1, 0.15) is 5.56 Å². The number of aromatic nitrogens is 2. The highest BCUT2D eigenvalue weighted by atomic mass is 16.3. The van der Waals surface area contributed by atoms with Gasteiger partial charge in [0, 0.05) is 19.6 Å². The molecule has 136 valence electrons. The van der Waals surface area contributed by atoms with E-state index in [9.17, 15) is 14.7 Å². The highest BCUT2D eigenvalue weighted by Crippen LogP contribution is 2.11. The van der Waals surface area contributed by atoms with Crippen LogP contribution in [0, 0.1) is 0 Å². The first-order chi connectivity index (χ1) is 11.5. The number of hydrogen-bond acceptors (Lipinski definition) is 6. The van der Waals surface area contributed by atoms with Gasteiger partial charge in [0.05, 0.1) is 5.71 Å². The molecule has 0 aliphatic rings. The van der Waals surface area contributed by atoms with Crippen molar-refractivity contribution < 1.29 is 5.11 Å². The van der Waals surface area contributed by atoms with Crippen molar-refractivity contribution in [2.45, 2.75) is 47.1 Å². The fourth-order valence-electron chi connectivity index (χ4n) is 2.39. The largest absolute Gasteiger partial charge is 0.494 e. The Bertz CT molecular complexity index is 659. The molecule has 0 amide bonds. The van der Waals surface area contributed by atoms with E-state index in [1.807, 2.05) is 6.92 Å². The van der Waals surface area contributed by atoms with Gasteiger partial charge in [-0.1, -0.05) is 27.2 Å². The molecule has 0 radical (unpaired) electrons. The van der Waals surface area contributed by atoms with Crippen LogP contribution in [-0.4, -0.2) is 51.4 Å². The molecule has 8 heteroatoms. The van der Waals surface area contributed by atoms with Crippen LogP contribution in [-0.2, 0) is 6.54 Å². The Morgan fingerprint density at radius 2 is 1.96 bits per heavy atom. The molecule has 24 heavy (non-hydrogen) atoms. The van der Waals surface area contributed by atoms with E-state index in [4.69, 9.17) is 0 Å². The highest BCUT2D eigenvalue weighted by Gasteiger charge is 2.16. The van der Waals surface area contributed by atoms with Crippen LogP contribution in [0.25, 0.3) is 0 Å². The molecule has 8 nitrogen and oxygen atoms in total. The summed E-state index contributed by atoms with van der Waals surface area (Å²) in [5.41, 5.74) is 2.06. The molecule has 3 N–H and O–H groups in total. The van der Waals surface area contributed by atoms with Crippen molar-refractivity contribution in [2.24, 2.45) is 5.10 Å². The Morgan fingerprint density at radius 3 is 2.54 bits per heavy atom. The Morgan fingerprint density at radius 1 is 1.29 bits per heavy atom. The Balaban J connectivity index is 2.93. The van der Waals surface area contributed by atoms with Crippen LogP contribution in [0.3, 0.4) is 0 Å². The van der Waals surface area contributed by atoms with E-state index in [2.05, 4.69) is 34.3 Å². The molecule has 0 atom stereocenters. The van der Waals surface area contributed by atoms with Crippen LogP contribution in [0.1, 0.15) is 46.1 Å². The maximum Gasteiger partial charge on any atom is 0.331 e. The first-order valence-corrected chi connectivity index (χ1v) is 8.52. The third-order valence-corrected chi connectivity index (χ3v) is 3.95. The molecule has 0 fully saturated rings. The van der Waals surface area contributed by atoms with Crippen molar-refractivity contribution in [3.05, 3.63) is 26.4 Å². The van der Waals surface area contributed by atoms with Gasteiger partial charge < -0.3 is 15.4 Å². The molecule has 1 aromatic rings. The summed E-state index contributed by atoms with van der Waals surface area (Å²) in [6.07, 6.45) is 1.61. The lowest BCUT2D eigenvalue weighted by Crippen LogP contribution is -2.34. The van der Waals surface area contributed by atoms with Gasteiger partial charge in [0.2, 0.25) is 5.88 Å². The van der Waals surface area contributed by atoms with Gasteiger partial charge >= 0.3 is 5.69 Å². The monoisotopic (exact) mass is 339 g/mol. The maximum atomic E-state index is 12.0. The van der Waals surface area contributed by atoms with Crippen LogP contribution in [0.4, 0.5) is 0 Å². The summed E-state index contributed by atoms with van der Waals surface area (Å²) >= 11 is 0. The van der Waals surface area contributed by atoms with E-state index < -0.39 is 11.2 Å². The number of unbranched alkanes of at least 4 members (excludes halogenated alkanes) is 1. The predicted molar refractivity (Wildman–Crippen MR) is 95.9 cm³/mol. The number of aromatic hydroxyl groups is 1. The summed E-state index contributed by atoms with van der Waals surface area (Å²) in [4.78, 5) is 28.3. The number of nitrogens with one attached hydrogen (secondary N) is 2. The molecule has 0 aromatic carbocycles. The lowest BCUT2D eigenvalue weighted by molar-refractivity contribution is 0.303. The molecular formula is C16H29N5O3. The van der Waals surface area contributed by atoms with Crippen molar-refractivity contribution in [3.63, 3.8) is 0 Å². The number of nitrogens with zero attached hydrogens (tertiary/aromatic N) is 3. The second-order valence-corrected chi connectivity index (χ2v) is 5.60. The van der Waals surface area contributed by atoms with E-state index in [0.717, 1.165) is 32.5 Å². The van der Waals surface area contributed by atoms with Crippen molar-refractivity contribution in [2.75, 3.05) is 26.2 Å².